The molecule has 2 rings (SSSR count). The number of anilines is 1. The summed E-state index contributed by atoms with van der Waals surface area (Å²) in [5.74, 6) is -0.371. The summed E-state index contributed by atoms with van der Waals surface area (Å²) >= 11 is 0. The molecule has 8 heteroatoms. The Labute approximate surface area is 147 Å². The van der Waals surface area contributed by atoms with E-state index in [2.05, 4.69) is 16.0 Å². The number of rotatable bonds is 8. The van der Waals surface area contributed by atoms with E-state index < -0.39 is 0 Å². The lowest BCUT2D eigenvalue weighted by atomic mass is 10.2. The Kier molecular flexibility index (Phi) is 8.21. The van der Waals surface area contributed by atoms with Gasteiger partial charge in [-0.15, -0.1) is 12.4 Å². The van der Waals surface area contributed by atoms with Crippen molar-refractivity contribution in [2.75, 3.05) is 25.0 Å². The summed E-state index contributed by atoms with van der Waals surface area (Å²) in [5.41, 5.74) is 1.85. The minimum absolute atomic E-state index is 0. The molecule has 1 aliphatic rings. The van der Waals surface area contributed by atoms with Crippen LogP contribution in [0.3, 0.4) is 0 Å². The number of benzene rings is 1. The molecule has 0 aromatic heterocycles. The maximum atomic E-state index is 11.9. The zero-order valence-corrected chi connectivity index (χ0v) is 14.4. The lowest BCUT2D eigenvalue weighted by Gasteiger charge is -2.12. The maximum absolute atomic E-state index is 11.9. The molecule has 0 spiro atoms. The van der Waals surface area contributed by atoms with Crippen molar-refractivity contribution in [1.29, 1.82) is 0 Å². The van der Waals surface area contributed by atoms with Gasteiger partial charge in [0.2, 0.25) is 11.8 Å². The smallest absolute Gasteiger partial charge is 0.324 e. The number of hydrogen-bond acceptors (Lipinski definition) is 4. The summed E-state index contributed by atoms with van der Waals surface area (Å²) in [6.07, 6.45) is 0.705. The number of nitrogens with one attached hydrogen (secondary N) is 3. The van der Waals surface area contributed by atoms with Crippen molar-refractivity contribution in [3.05, 3.63) is 29.8 Å². The Hall–Kier alpha value is -2.12. The van der Waals surface area contributed by atoms with Gasteiger partial charge in [-0.3, -0.25) is 14.5 Å². The quantitative estimate of drug-likeness (QED) is 0.617. The molecule has 0 unspecified atom stereocenters. The Morgan fingerprint density at radius 3 is 2.79 bits per heavy atom. The summed E-state index contributed by atoms with van der Waals surface area (Å²) in [5, 5.41) is 8.52. The number of halogens is 1. The fraction of sp³-hybridized carbons (Fsp3) is 0.438. The first-order valence-corrected chi connectivity index (χ1v) is 7.78. The minimum Gasteiger partial charge on any atom is -0.329 e. The van der Waals surface area contributed by atoms with Crippen molar-refractivity contribution in [2.24, 2.45) is 0 Å². The van der Waals surface area contributed by atoms with Crippen LogP contribution in [0.4, 0.5) is 10.5 Å². The number of urea groups is 1. The topological polar surface area (TPSA) is 90.5 Å². The fourth-order valence-electron chi connectivity index (χ4n) is 2.33. The van der Waals surface area contributed by atoms with Gasteiger partial charge in [0, 0.05) is 25.2 Å². The third-order valence-electron chi connectivity index (χ3n) is 3.51. The van der Waals surface area contributed by atoms with E-state index in [4.69, 9.17) is 0 Å². The van der Waals surface area contributed by atoms with E-state index in [-0.39, 0.29) is 49.8 Å². The zero-order valence-electron chi connectivity index (χ0n) is 13.6. The van der Waals surface area contributed by atoms with E-state index >= 15 is 0 Å². The van der Waals surface area contributed by atoms with Gasteiger partial charge in [-0.2, -0.15) is 0 Å². The Morgan fingerprint density at radius 2 is 2.12 bits per heavy atom. The molecule has 0 bridgehead atoms. The van der Waals surface area contributed by atoms with Gasteiger partial charge < -0.3 is 16.0 Å². The highest BCUT2D eigenvalue weighted by Crippen LogP contribution is 2.11. The number of amides is 4. The van der Waals surface area contributed by atoms with E-state index in [1.807, 2.05) is 31.2 Å². The molecule has 0 saturated carbocycles. The first-order chi connectivity index (χ1) is 11.1. The van der Waals surface area contributed by atoms with Crippen molar-refractivity contribution in [1.82, 2.24) is 15.5 Å². The standard InChI is InChI=1S/C16H22N4O3.ClH/c1-2-17-10-12-5-3-6-13(9-12)19-14(21)7-4-8-20-15(22)11-18-16(20)23;/h3,5-6,9,17H,2,4,7-8,10-11H2,1H3,(H,18,23)(H,19,21);1H. The molecule has 7 nitrogen and oxygen atoms in total. The predicted molar refractivity (Wildman–Crippen MR) is 94.0 cm³/mol. The number of carbonyl (C=O) groups excluding carboxylic acids is 3. The highest BCUT2D eigenvalue weighted by molar-refractivity contribution is 6.02. The number of imide groups is 1. The van der Waals surface area contributed by atoms with Gasteiger partial charge in [-0.25, -0.2) is 4.79 Å². The van der Waals surface area contributed by atoms with Gasteiger partial charge in [-0.05, 0) is 30.7 Å². The summed E-state index contributed by atoms with van der Waals surface area (Å²) in [7, 11) is 0. The highest BCUT2D eigenvalue weighted by atomic mass is 35.5. The van der Waals surface area contributed by atoms with Gasteiger partial charge in [0.05, 0.1) is 6.54 Å². The Morgan fingerprint density at radius 1 is 1.33 bits per heavy atom. The fourth-order valence-corrected chi connectivity index (χ4v) is 2.33. The second-order valence-corrected chi connectivity index (χ2v) is 5.34. The molecule has 1 aliphatic heterocycles. The lowest BCUT2D eigenvalue weighted by Crippen LogP contribution is -2.32. The van der Waals surface area contributed by atoms with Crippen LogP contribution < -0.4 is 16.0 Å². The molecule has 0 radical (unpaired) electrons. The second-order valence-electron chi connectivity index (χ2n) is 5.34. The summed E-state index contributed by atoms with van der Waals surface area (Å²) in [6, 6.07) is 7.28. The average Bonchev–Trinajstić information content (AvgIpc) is 2.85. The molecule has 4 amide bonds. The predicted octanol–water partition coefficient (Wildman–Crippen LogP) is 1.49. The summed E-state index contributed by atoms with van der Waals surface area (Å²) in [4.78, 5) is 35.9. The molecule has 1 aromatic rings. The molecule has 24 heavy (non-hydrogen) atoms. The zero-order chi connectivity index (χ0) is 16.7. The molecule has 1 heterocycles. The monoisotopic (exact) mass is 354 g/mol. The number of nitrogens with zero attached hydrogens (tertiary/aromatic N) is 1. The normalized spacial score (nSPS) is 13.5. The van der Waals surface area contributed by atoms with Crippen LogP contribution >= 0.6 is 12.4 Å². The van der Waals surface area contributed by atoms with E-state index in [0.29, 0.717) is 6.42 Å². The third-order valence-corrected chi connectivity index (χ3v) is 3.51. The molecule has 0 atom stereocenters. The van der Waals surface area contributed by atoms with Crippen LogP contribution in [0.15, 0.2) is 24.3 Å². The van der Waals surface area contributed by atoms with Gasteiger partial charge in [0.25, 0.3) is 0 Å². The number of carbonyl (C=O) groups is 3. The Balaban J connectivity index is 0.00000288. The molecule has 1 aromatic carbocycles. The van der Waals surface area contributed by atoms with Crippen molar-refractivity contribution in [2.45, 2.75) is 26.3 Å². The second kappa shape index (κ2) is 9.89. The van der Waals surface area contributed by atoms with Crippen LogP contribution in [-0.2, 0) is 16.1 Å². The van der Waals surface area contributed by atoms with Crippen LogP contribution in [0.25, 0.3) is 0 Å². The van der Waals surface area contributed by atoms with Crippen LogP contribution in [0, 0.1) is 0 Å². The lowest BCUT2D eigenvalue weighted by molar-refractivity contribution is -0.125. The Bertz CT molecular complexity index is 578. The van der Waals surface area contributed by atoms with Crippen LogP contribution in [0.2, 0.25) is 0 Å². The van der Waals surface area contributed by atoms with E-state index in [0.717, 1.165) is 29.2 Å². The van der Waals surface area contributed by atoms with Gasteiger partial charge in [-0.1, -0.05) is 19.1 Å². The first-order valence-electron chi connectivity index (χ1n) is 7.78. The molecular formula is C16H23ClN4O3. The molecule has 132 valence electrons. The molecular weight excluding hydrogens is 332 g/mol. The molecule has 1 saturated heterocycles. The third kappa shape index (κ3) is 5.82. The van der Waals surface area contributed by atoms with E-state index in [1.54, 1.807) is 0 Å². The van der Waals surface area contributed by atoms with Crippen LogP contribution in [0.5, 0.6) is 0 Å². The van der Waals surface area contributed by atoms with Crippen molar-refractivity contribution in [3.8, 4) is 0 Å². The molecule has 0 aliphatic carbocycles. The summed E-state index contributed by atoms with van der Waals surface area (Å²) in [6.45, 7) is 3.99. The van der Waals surface area contributed by atoms with Crippen molar-refractivity contribution < 1.29 is 14.4 Å². The van der Waals surface area contributed by atoms with Gasteiger partial charge in [0.15, 0.2) is 0 Å². The van der Waals surface area contributed by atoms with E-state index in [1.165, 1.54) is 0 Å². The molecule has 3 N–H and O–H groups in total. The van der Waals surface area contributed by atoms with Crippen LogP contribution in [0.1, 0.15) is 25.3 Å². The van der Waals surface area contributed by atoms with E-state index in [9.17, 15) is 14.4 Å². The molecule has 1 fully saturated rings. The van der Waals surface area contributed by atoms with Crippen molar-refractivity contribution >= 4 is 35.9 Å². The maximum Gasteiger partial charge on any atom is 0.324 e. The largest absolute Gasteiger partial charge is 0.329 e. The van der Waals surface area contributed by atoms with Gasteiger partial charge in [0.1, 0.15) is 0 Å². The average molecular weight is 355 g/mol. The minimum atomic E-state index is -0.383. The number of hydrogen-bond donors (Lipinski definition) is 3. The summed E-state index contributed by atoms with van der Waals surface area (Å²) < 4.78 is 0. The highest BCUT2D eigenvalue weighted by Gasteiger charge is 2.27. The van der Waals surface area contributed by atoms with Crippen molar-refractivity contribution in [3.63, 3.8) is 0 Å². The SMILES string of the molecule is CCNCc1cccc(NC(=O)CCCN2C(=O)CNC2=O)c1.Cl. The van der Waals surface area contributed by atoms with Crippen LogP contribution in [-0.4, -0.2) is 42.4 Å². The first kappa shape index (κ1) is 19.9. The van der Waals surface area contributed by atoms with Gasteiger partial charge >= 0.3 is 6.03 Å².